The summed E-state index contributed by atoms with van der Waals surface area (Å²) < 4.78 is 16.2. The molecule has 0 saturated carbocycles. The van der Waals surface area contributed by atoms with Gasteiger partial charge in [-0.3, -0.25) is 4.90 Å². The van der Waals surface area contributed by atoms with Gasteiger partial charge >= 0.3 is 0 Å². The van der Waals surface area contributed by atoms with Gasteiger partial charge in [0.2, 0.25) is 5.91 Å². The highest BCUT2D eigenvalue weighted by atomic mass is 16.6. The Kier molecular flexibility index (Phi) is 6.00. The smallest absolute Gasteiger partial charge is 0.224 e. The molecular formula is C13H26N2O4. The molecule has 0 radical (unpaired) electrons. The fraction of sp³-hybridized carbons (Fsp3) is 1.00. The van der Waals surface area contributed by atoms with Crippen LogP contribution in [0.4, 0.5) is 0 Å². The van der Waals surface area contributed by atoms with Gasteiger partial charge in [0.15, 0.2) is 0 Å². The Bertz CT molecular complexity index is 251. The number of aliphatic hydroxyl groups is 1. The van der Waals surface area contributed by atoms with Crippen LogP contribution >= 0.6 is 0 Å². The standard InChI is InChI=1S/C13H26N2O4/c1-13(16,15-6-11-18-12-7-15)19-8-2-3-14-4-9-17-10-5-14/h16H,2-12H2,1H3. The Balaban J connectivity index is 1.60. The van der Waals surface area contributed by atoms with E-state index in [-0.39, 0.29) is 0 Å². The van der Waals surface area contributed by atoms with Crippen LogP contribution in [0.2, 0.25) is 0 Å². The van der Waals surface area contributed by atoms with Gasteiger partial charge in [-0.15, -0.1) is 0 Å². The Hall–Kier alpha value is -0.240. The molecule has 2 aliphatic rings. The fourth-order valence-corrected chi connectivity index (χ4v) is 2.45. The lowest BCUT2D eigenvalue weighted by molar-refractivity contribution is -0.291. The van der Waals surface area contributed by atoms with Crippen molar-refractivity contribution in [2.45, 2.75) is 19.3 Å². The average Bonchev–Trinajstić information content (AvgIpc) is 2.46. The van der Waals surface area contributed by atoms with E-state index in [4.69, 9.17) is 14.2 Å². The third-order valence-corrected chi connectivity index (χ3v) is 3.70. The van der Waals surface area contributed by atoms with Gasteiger partial charge in [0.05, 0.1) is 33.0 Å². The van der Waals surface area contributed by atoms with Crippen molar-refractivity contribution < 1.29 is 19.3 Å². The number of hydrogen-bond acceptors (Lipinski definition) is 6. The van der Waals surface area contributed by atoms with E-state index in [1.165, 1.54) is 0 Å². The molecule has 6 nitrogen and oxygen atoms in total. The summed E-state index contributed by atoms with van der Waals surface area (Å²) in [5.74, 6) is -1.17. The third kappa shape index (κ3) is 4.98. The van der Waals surface area contributed by atoms with Crippen LogP contribution < -0.4 is 0 Å². The maximum Gasteiger partial charge on any atom is 0.224 e. The zero-order valence-electron chi connectivity index (χ0n) is 11.8. The van der Waals surface area contributed by atoms with Gasteiger partial charge in [0, 0.05) is 39.6 Å². The predicted octanol–water partition coefficient (Wildman–Crippen LogP) is -0.276. The van der Waals surface area contributed by atoms with E-state index in [0.29, 0.717) is 19.8 Å². The number of nitrogens with zero attached hydrogens (tertiary/aromatic N) is 2. The van der Waals surface area contributed by atoms with Crippen LogP contribution in [0, 0.1) is 0 Å². The molecule has 1 atom stereocenters. The number of morpholine rings is 2. The summed E-state index contributed by atoms with van der Waals surface area (Å²) in [6.07, 6.45) is 0.931. The summed E-state index contributed by atoms with van der Waals surface area (Å²) in [5, 5.41) is 10.3. The van der Waals surface area contributed by atoms with Crippen molar-refractivity contribution in [1.82, 2.24) is 9.80 Å². The molecule has 0 aromatic heterocycles. The van der Waals surface area contributed by atoms with Crippen LogP contribution in [0.15, 0.2) is 0 Å². The first-order valence-corrected chi connectivity index (χ1v) is 7.18. The first-order valence-electron chi connectivity index (χ1n) is 7.18. The molecule has 2 saturated heterocycles. The largest absolute Gasteiger partial charge is 0.379 e. The fourth-order valence-electron chi connectivity index (χ4n) is 2.45. The van der Waals surface area contributed by atoms with Crippen LogP contribution in [0.3, 0.4) is 0 Å². The molecule has 1 unspecified atom stereocenters. The molecule has 0 aromatic carbocycles. The molecule has 0 spiro atoms. The van der Waals surface area contributed by atoms with Gasteiger partial charge < -0.3 is 19.3 Å². The maximum atomic E-state index is 10.3. The number of ether oxygens (including phenoxy) is 3. The van der Waals surface area contributed by atoms with Crippen LogP contribution in [-0.2, 0) is 14.2 Å². The van der Waals surface area contributed by atoms with E-state index in [0.717, 1.165) is 52.4 Å². The van der Waals surface area contributed by atoms with Gasteiger partial charge in [-0.05, 0) is 6.42 Å². The molecule has 0 amide bonds. The zero-order valence-corrected chi connectivity index (χ0v) is 11.8. The van der Waals surface area contributed by atoms with E-state index >= 15 is 0 Å². The van der Waals surface area contributed by atoms with Crippen molar-refractivity contribution in [3.05, 3.63) is 0 Å². The second kappa shape index (κ2) is 7.52. The van der Waals surface area contributed by atoms with Gasteiger partial charge in [0.25, 0.3) is 0 Å². The van der Waals surface area contributed by atoms with Crippen molar-refractivity contribution in [3.63, 3.8) is 0 Å². The molecule has 112 valence electrons. The summed E-state index contributed by atoms with van der Waals surface area (Å²) in [6.45, 7) is 9.70. The lowest BCUT2D eigenvalue weighted by Crippen LogP contribution is -2.53. The second-order valence-electron chi connectivity index (χ2n) is 5.19. The topological polar surface area (TPSA) is 54.4 Å². The van der Waals surface area contributed by atoms with Crippen molar-refractivity contribution >= 4 is 0 Å². The molecule has 0 aromatic rings. The van der Waals surface area contributed by atoms with Crippen molar-refractivity contribution in [3.8, 4) is 0 Å². The van der Waals surface area contributed by atoms with Crippen molar-refractivity contribution in [1.29, 1.82) is 0 Å². The number of hydrogen-bond donors (Lipinski definition) is 1. The van der Waals surface area contributed by atoms with Crippen LogP contribution in [0.25, 0.3) is 0 Å². The van der Waals surface area contributed by atoms with Gasteiger partial charge in [-0.1, -0.05) is 0 Å². The molecule has 2 heterocycles. The highest BCUT2D eigenvalue weighted by molar-refractivity contribution is 4.69. The molecular weight excluding hydrogens is 248 g/mol. The summed E-state index contributed by atoms with van der Waals surface area (Å²) in [7, 11) is 0. The van der Waals surface area contributed by atoms with Gasteiger partial charge in [-0.25, -0.2) is 4.90 Å². The number of rotatable bonds is 6. The minimum absolute atomic E-state index is 0.571. The molecule has 2 rings (SSSR count). The second-order valence-corrected chi connectivity index (χ2v) is 5.19. The molecule has 0 aliphatic carbocycles. The molecule has 19 heavy (non-hydrogen) atoms. The lowest BCUT2D eigenvalue weighted by Gasteiger charge is -2.38. The first-order chi connectivity index (χ1) is 9.18. The summed E-state index contributed by atoms with van der Waals surface area (Å²) in [6, 6.07) is 0. The Labute approximate surface area is 115 Å². The highest BCUT2D eigenvalue weighted by Gasteiger charge is 2.31. The SMILES string of the molecule is CC(O)(OCCCN1CCOCC1)N1CCOCC1. The summed E-state index contributed by atoms with van der Waals surface area (Å²) >= 11 is 0. The zero-order chi connectivity index (χ0) is 13.6. The van der Waals surface area contributed by atoms with Crippen LogP contribution in [0.1, 0.15) is 13.3 Å². The van der Waals surface area contributed by atoms with E-state index in [1.807, 2.05) is 4.90 Å². The summed E-state index contributed by atoms with van der Waals surface area (Å²) in [5.41, 5.74) is 0. The van der Waals surface area contributed by atoms with E-state index in [1.54, 1.807) is 6.92 Å². The molecule has 2 fully saturated rings. The highest BCUT2D eigenvalue weighted by Crippen LogP contribution is 2.15. The Morgan fingerprint density at radius 3 is 2.26 bits per heavy atom. The molecule has 0 bridgehead atoms. The Morgan fingerprint density at radius 2 is 1.63 bits per heavy atom. The minimum atomic E-state index is -1.17. The van der Waals surface area contributed by atoms with Gasteiger partial charge in [0.1, 0.15) is 0 Å². The van der Waals surface area contributed by atoms with Crippen LogP contribution in [0.5, 0.6) is 0 Å². The molecule has 1 N–H and O–H groups in total. The minimum Gasteiger partial charge on any atom is -0.379 e. The average molecular weight is 274 g/mol. The van der Waals surface area contributed by atoms with Crippen LogP contribution in [-0.4, -0.2) is 86.6 Å². The molecule has 6 heteroatoms. The monoisotopic (exact) mass is 274 g/mol. The van der Waals surface area contributed by atoms with Gasteiger partial charge in [-0.2, -0.15) is 0 Å². The third-order valence-electron chi connectivity index (χ3n) is 3.70. The lowest BCUT2D eigenvalue weighted by atomic mass is 10.3. The van der Waals surface area contributed by atoms with E-state index in [9.17, 15) is 5.11 Å². The normalized spacial score (nSPS) is 26.2. The first kappa shape index (κ1) is 15.2. The molecule has 2 aliphatic heterocycles. The van der Waals surface area contributed by atoms with E-state index < -0.39 is 5.91 Å². The van der Waals surface area contributed by atoms with Crippen molar-refractivity contribution in [2.24, 2.45) is 0 Å². The predicted molar refractivity (Wildman–Crippen MR) is 70.8 cm³/mol. The summed E-state index contributed by atoms with van der Waals surface area (Å²) in [4.78, 5) is 4.29. The maximum absolute atomic E-state index is 10.3. The van der Waals surface area contributed by atoms with Crippen molar-refractivity contribution in [2.75, 3.05) is 65.8 Å². The van der Waals surface area contributed by atoms with E-state index in [2.05, 4.69) is 4.90 Å². The quantitative estimate of drug-likeness (QED) is 0.531. The Morgan fingerprint density at radius 1 is 1.05 bits per heavy atom.